The maximum atomic E-state index is 6.09. The van der Waals surface area contributed by atoms with Crippen LogP contribution in [0.5, 0.6) is 23.0 Å². The molecule has 0 bridgehead atoms. The summed E-state index contributed by atoms with van der Waals surface area (Å²) in [6, 6.07) is 7.58. The highest BCUT2D eigenvalue weighted by Gasteiger charge is 2.19. The topological polar surface area (TPSA) is 89.0 Å². The number of nitrogen functional groups attached to an aromatic ring is 2. The Kier molecular flexibility index (Phi) is 7.46. The van der Waals surface area contributed by atoms with Crippen LogP contribution < -0.4 is 30.4 Å². The van der Waals surface area contributed by atoms with E-state index in [4.69, 9.17) is 30.4 Å². The number of rotatable bonds is 10. The SMILES string of the molecule is CCOc1c(N)ccc(Cc2ccc(N)c(OCC)c2OCC)c1OCC. The monoisotopic (exact) mass is 374 g/mol. The molecule has 0 amide bonds. The van der Waals surface area contributed by atoms with Crippen molar-refractivity contribution in [2.24, 2.45) is 0 Å². The standard InChI is InChI=1S/C21H30N2O4/c1-5-24-18-14(9-11-16(22)20(18)26-7-3)13-15-10-12-17(23)21(27-8-4)19(15)25-6-2/h9-12H,5-8,13,22-23H2,1-4H3. The maximum Gasteiger partial charge on any atom is 0.184 e. The smallest absolute Gasteiger partial charge is 0.184 e. The minimum atomic E-state index is 0.508. The molecule has 0 aliphatic heterocycles. The third-order valence-corrected chi connectivity index (χ3v) is 3.98. The van der Waals surface area contributed by atoms with Crippen molar-refractivity contribution in [1.82, 2.24) is 0 Å². The largest absolute Gasteiger partial charge is 0.490 e. The summed E-state index contributed by atoms with van der Waals surface area (Å²) in [5.74, 6) is 2.48. The Bertz CT molecular complexity index is 699. The Morgan fingerprint density at radius 1 is 0.556 bits per heavy atom. The van der Waals surface area contributed by atoms with E-state index in [0.717, 1.165) is 11.1 Å². The van der Waals surface area contributed by atoms with E-state index in [9.17, 15) is 0 Å². The van der Waals surface area contributed by atoms with Crippen LogP contribution in [0.1, 0.15) is 38.8 Å². The van der Waals surface area contributed by atoms with E-state index in [1.54, 1.807) is 0 Å². The minimum Gasteiger partial charge on any atom is -0.490 e. The van der Waals surface area contributed by atoms with Crippen LogP contribution >= 0.6 is 0 Å². The molecule has 0 aliphatic carbocycles. The highest BCUT2D eigenvalue weighted by molar-refractivity contribution is 5.67. The van der Waals surface area contributed by atoms with Gasteiger partial charge in [0.2, 0.25) is 0 Å². The average molecular weight is 374 g/mol. The van der Waals surface area contributed by atoms with Crippen molar-refractivity contribution in [3.8, 4) is 23.0 Å². The molecule has 2 aromatic carbocycles. The van der Waals surface area contributed by atoms with Gasteiger partial charge >= 0.3 is 0 Å². The van der Waals surface area contributed by atoms with Gasteiger partial charge in [-0.25, -0.2) is 0 Å². The molecule has 0 atom stereocenters. The molecule has 148 valence electrons. The number of hydrogen-bond acceptors (Lipinski definition) is 6. The highest BCUT2D eigenvalue weighted by atomic mass is 16.5. The Morgan fingerprint density at radius 3 is 1.22 bits per heavy atom. The van der Waals surface area contributed by atoms with Crippen molar-refractivity contribution in [3.63, 3.8) is 0 Å². The van der Waals surface area contributed by atoms with Crippen molar-refractivity contribution >= 4 is 11.4 Å². The van der Waals surface area contributed by atoms with Gasteiger partial charge in [-0.3, -0.25) is 0 Å². The molecule has 4 N–H and O–H groups in total. The molecule has 6 nitrogen and oxygen atoms in total. The van der Waals surface area contributed by atoms with Crippen LogP contribution in [0, 0.1) is 0 Å². The molecule has 0 saturated heterocycles. The lowest BCUT2D eigenvalue weighted by atomic mass is 10.0. The summed E-state index contributed by atoms with van der Waals surface area (Å²) in [5.41, 5.74) is 15.2. The van der Waals surface area contributed by atoms with Crippen molar-refractivity contribution < 1.29 is 18.9 Å². The fraction of sp³-hybridized carbons (Fsp3) is 0.429. The van der Waals surface area contributed by atoms with Gasteiger partial charge in [-0.1, -0.05) is 12.1 Å². The van der Waals surface area contributed by atoms with Crippen LogP contribution in [0.4, 0.5) is 11.4 Å². The lowest BCUT2D eigenvalue weighted by Crippen LogP contribution is -2.07. The molecule has 0 fully saturated rings. The van der Waals surface area contributed by atoms with Crippen molar-refractivity contribution in [1.29, 1.82) is 0 Å². The molecule has 0 spiro atoms. The molecular weight excluding hydrogens is 344 g/mol. The highest BCUT2D eigenvalue weighted by Crippen LogP contribution is 2.42. The van der Waals surface area contributed by atoms with Crippen molar-refractivity contribution in [3.05, 3.63) is 35.4 Å². The summed E-state index contributed by atoms with van der Waals surface area (Å²) in [4.78, 5) is 0. The third-order valence-electron chi connectivity index (χ3n) is 3.98. The first-order valence-electron chi connectivity index (χ1n) is 9.41. The van der Waals surface area contributed by atoms with Crippen LogP contribution in [0.25, 0.3) is 0 Å². The van der Waals surface area contributed by atoms with Crippen LogP contribution in [0.15, 0.2) is 24.3 Å². The molecule has 0 heterocycles. The van der Waals surface area contributed by atoms with Crippen molar-refractivity contribution in [2.75, 3.05) is 37.9 Å². The van der Waals surface area contributed by atoms with Gasteiger partial charge in [0.25, 0.3) is 0 Å². The Labute approximate surface area is 161 Å². The van der Waals surface area contributed by atoms with Gasteiger partial charge in [-0.05, 0) is 39.8 Å². The predicted octanol–water partition coefficient (Wildman–Crippen LogP) is 4.04. The Hall–Kier alpha value is -2.76. The summed E-state index contributed by atoms with van der Waals surface area (Å²) in [7, 11) is 0. The summed E-state index contributed by atoms with van der Waals surface area (Å²) in [6.45, 7) is 9.76. The first-order valence-corrected chi connectivity index (χ1v) is 9.41. The third kappa shape index (κ3) is 4.70. The van der Waals surface area contributed by atoms with Gasteiger partial charge in [-0.15, -0.1) is 0 Å². The molecule has 2 rings (SSSR count). The lowest BCUT2D eigenvalue weighted by Gasteiger charge is -2.20. The first-order chi connectivity index (χ1) is 13.1. The normalized spacial score (nSPS) is 10.5. The van der Waals surface area contributed by atoms with E-state index in [1.807, 2.05) is 52.0 Å². The molecule has 27 heavy (non-hydrogen) atoms. The molecule has 2 aromatic rings. The van der Waals surface area contributed by atoms with E-state index < -0.39 is 0 Å². The molecule has 0 radical (unpaired) electrons. The van der Waals surface area contributed by atoms with E-state index in [0.29, 0.717) is 67.2 Å². The number of benzene rings is 2. The summed E-state index contributed by atoms with van der Waals surface area (Å²) in [5, 5.41) is 0. The van der Waals surface area contributed by atoms with Gasteiger partial charge in [-0.2, -0.15) is 0 Å². The van der Waals surface area contributed by atoms with Gasteiger partial charge in [0.15, 0.2) is 23.0 Å². The predicted molar refractivity (Wildman–Crippen MR) is 109 cm³/mol. The summed E-state index contributed by atoms with van der Waals surface area (Å²) in [6.07, 6.45) is 0.575. The number of nitrogens with two attached hydrogens (primary N) is 2. The Balaban J connectivity index is 2.53. The second-order valence-corrected chi connectivity index (χ2v) is 5.85. The molecule has 0 aliphatic rings. The summed E-state index contributed by atoms with van der Waals surface area (Å²) < 4.78 is 23.2. The van der Waals surface area contributed by atoms with Crippen molar-refractivity contribution in [2.45, 2.75) is 34.1 Å². The van der Waals surface area contributed by atoms with Crippen LogP contribution in [0.3, 0.4) is 0 Å². The molecular formula is C21H30N2O4. The molecule has 0 saturated carbocycles. The number of hydrogen-bond donors (Lipinski definition) is 2. The maximum absolute atomic E-state index is 6.09. The lowest BCUT2D eigenvalue weighted by molar-refractivity contribution is 0.284. The van der Waals surface area contributed by atoms with Gasteiger partial charge in [0, 0.05) is 17.5 Å². The fourth-order valence-corrected chi connectivity index (χ4v) is 2.91. The summed E-state index contributed by atoms with van der Waals surface area (Å²) >= 11 is 0. The van der Waals surface area contributed by atoms with Gasteiger partial charge in [0.05, 0.1) is 37.8 Å². The number of anilines is 2. The zero-order valence-corrected chi connectivity index (χ0v) is 16.6. The zero-order chi connectivity index (χ0) is 19.8. The fourth-order valence-electron chi connectivity index (χ4n) is 2.91. The average Bonchev–Trinajstić information content (AvgIpc) is 2.65. The van der Waals surface area contributed by atoms with Gasteiger partial charge < -0.3 is 30.4 Å². The van der Waals surface area contributed by atoms with E-state index >= 15 is 0 Å². The zero-order valence-electron chi connectivity index (χ0n) is 16.6. The second kappa shape index (κ2) is 9.80. The molecule has 0 unspecified atom stereocenters. The first kappa shape index (κ1) is 20.6. The van der Waals surface area contributed by atoms with Crippen LogP contribution in [-0.4, -0.2) is 26.4 Å². The van der Waals surface area contributed by atoms with E-state index in [1.165, 1.54) is 0 Å². The van der Waals surface area contributed by atoms with Crippen LogP contribution in [-0.2, 0) is 6.42 Å². The second-order valence-electron chi connectivity index (χ2n) is 5.85. The molecule has 0 aromatic heterocycles. The number of ether oxygens (including phenoxy) is 4. The van der Waals surface area contributed by atoms with Gasteiger partial charge in [0.1, 0.15) is 0 Å². The minimum absolute atomic E-state index is 0.508. The van der Waals surface area contributed by atoms with E-state index in [2.05, 4.69) is 0 Å². The quantitative estimate of drug-likeness (QED) is 0.610. The molecule has 6 heteroatoms. The Morgan fingerprint density at radius 2 is 0.889 bits per heavy atom. The van der Waals surface area contributed by atoms with E-state index in [-0.39, 0.29) is 0 Å². The van der Waals surface area contributed by atoms with Crippen LogP contribution in [0.2, 0.25) is 0 Å².